The first kappa shape index (κ1) is 9.97. The Hall–Kier alpha value is -1.57. The van der Waals surface area contributed by atoms with Crippen LogP contribution in [0.25, 0.3) is 10.9 Å². The molecule has 1 aromatic carbocycles. The number of para-hydroxylation sites is 1. The first-order valence-corrected chi connectivity index (χ1v) is 5.20. The second kappa shape index (κ2) is 3.54. The minimum Gasteiger partial charge on any atom is -0.311 e. The lowest BCUT2D eigenvalue weighted by Gasteiger charge is -2.10. The fourth-order valence-electron chi connectivity index (χ4n) is 1.86. The number of nitrogens with zero attached hydrogens (tertiary/aromatic N) is 1. The highest BCUT2D eigenvalue weighted by molar-refractivity contribution is 5.79. The van der Waals surface area contributed by atoms with Gasteiger partial charge in [0.15, 0.2) is 0 Å². The number of fused-ring (bicyclic) bond motifs is 1. The Morgan fingerprint density at radius 3 is 2.53 bits per heavy atom. The largest absolute Gasteiger partial charge is 0.311 e. The Bertz CT molecular complexity index is 552. The van der Waals surface area contributed by atoms with Crippen LogP contribution in [-0.4, -0.2) is 4.57 Å². The monoisotopic (exact) mass is 201 g/mol. The summed E-state index contributed by atoms with van der Waals surface area (Å²) in [5, 5.41) is 1.13. The van der Waals surface area contributed by atoms with Gasteiger partial charge in [-0.05, 0) is 23.4 Å². The molecule has 78 valence electrons. The zero-order valence-electron chi connectivity index (χ0n) is 9.32. The number of pyridine rings is 1. The van der Waals surface area contributed by atoms with Crippen molar-refractivity contribution in [1.82, 2.24) is 4.57 Å². The van der Waals surface area contributed by atoms with E-state index in [4.69, 9.17) is 0 Å². The van der Waals surface area contributed by atoms with Gasteiger partial charge in [0.1, 0.15) is 0 Å². The van der Waals surface area contributed by atoms with Gasteiger partial charge in [-0.3, -0.25) is 4.79 Å². The van der Waals surface area contributed by atoms with E-state index in [0.29, 0.717) is 0 Å². The molecule has 2 rings (SSSR count). The van der Waals surface area contributed by atoms with Crippen LogP contribution in [-0.2, 0) is 7.05 Å². The Kier molecular flexibility index (Phi) is 2.35. The number of hydrogen-bond acceptors (Lipinski definition) is 1. The first-order valence-electron chi connectivity index (χ1n) is 5.20. The predicted octanol–water partition coefficient (Wildman–Crippen LogP) is 2.66. The molecule has 0 aliphatic rings. The number of rotatable bonds is 1. The normalized spacial score (nSPS) is 11.2. The molecule has 0 fully saturated rings. The topological polar surface area (TPSA) is 22.0 Å². The average molecular weight is 201 g/mol. The SMILES string of the molecule is CC(C)c1cc2ccccc2n(C)c1=O. The van der Waals surface area contributed by atoms with E-state index < -0.39 is 0 Å². The fourth-order valence-corrected chi connectivity index (χ4v) is 1.86. The van der Waals surface area contributed by atoms with Gasteiger partial charge in [-0.1, -0.05) is 32.0 Å². The molecule has 2 heteroatoms. The minimum absolute atomic E-state index is 0.115. The summed E-state index contributed by atoms with van der Waals surface area (Å²) in [7, 11) is 1.83. The van der Waals surface area contributed by atoms with E-state index in [-0.39, 0.29) is 11.5 Å². The zero-order chi connectivity index (χ0) is 11.0. The molecule has 0 spiro atoms. The van der Waals surface area contributed by atoms with E-state index >= 15 is 0 Å². The second-order valence-corrected chi connectivity index (χ2v) is 4.18. The van der Waals surface area contributed by atoms with Crippen molar-refractivity contribution < 1.29 is 0 Å². The van der Waals surface area contributed by atoms with Gasteiger partial charge in [0, 0.05) is 12.6 Å². The molecule has 0 radical (unpaired) electrons. The van der Waals surface area contributed by atoms with Gasteiger partial charge >= 0.3 is 0 Å². The molecular formula is C13H15NO. The number of aromatic nitrogens is 1. The molecule has 15 heavy (non-hydrogen) atoms. The van der Waals surface area contributed by atoms with Crippen molar-refractivity contribution in [3.63, 3.8) is 0 Å². The smallest absolute Gasteiger partial charge is 0.254 e. The van der Waals surface area contributed by atoms with Crippen LogP contribution in [0.15, 0.2) is 35.1 Å². The summed E-state index contributed by atoms with van der Waals surface area (Å²) in [6, 6.07) is 9.97. The van der Waals surface area contributed by atoms with E-state index in [2.05, 4.69) is 0 Å². The molecule has 0 aliphatic heterocycles. The number of hydrogen-bond donors (Lipinski definition) is 0. The lowest BCUT2D eigenvalue weighted by Crippen LogP contribution is -2.21. The highest BCUT2D eigenvalue weighted by Gasteiger charge is 2.08. The van der Waals surface area contributed by atoms with Gasteiger partial charge in [0.2, 0.25) is 0 Å². The molecule has 0 unspecified atom stereocenters. The van der Waals surface area contributed by atoms with Gasteiger partial charge < -0.3 is 4.57 Å². The first-order chi connectivity index (χ1) is 7.11. The fraction of sp³-hybridized carbons (Fsp3) is 0.308. The maximum Gasteiger partial charge on any atom is 0.254 e. The number of aryl methyl sites for hydroxylation is 1. The lowest BCUT2D eigenvalue weighted by molar-refractivity contribution is 0.802. The Morgan fingerprint density at radius 1 is 1.20 bits per heavy atom. The maximum absolute atomic E-state index is 12.0. The van der Waals surface area contributed by atoms with Crippen LogP contribution in [0.1, 0.15) is 25.3 Å². The van der Waals surface area contributed by atoms with Crippen molar-refractivity contribution in [3.05, 3.63) is 46.2 Å². The maximum atomic E-state index is 12.0. The molecule has 2 nitrogen and oxygen atoms in total. The second-order valence-electron chi connectivity index (χ2n) is 4.18. The van der Waals surface area contributed by atoms with Crippen molar-refractivity contribution >= 4 is 10.9 Å². The van der Waals surface area contributed by atoms with Crippen molar-refractivity contribution in [1.29, 1.82) is 0 Å². The van der Waals surface area contributed by atoms with Crippen molar-refractivity contribution in [2.75, 3.05) is 0 Å². The van der Waals surface area contributed by atoms with Gasteiger partial charge in [0.05, 0.1) is 5.52 Å². The summed E-state index contributed by atoms with van der Waals surface area (Å²) < 4.78 is 1.73. The van der Waals surface area contributed by atoms with Gasteiger partial charge in [-0.25, -0.2) is 0 Å². The highest BCUT2D eigenvalue weighted by Crippen LogP contribution is 2.16. The quantitative estimate of drug-likeness (QED) is 0.695. The molecule has 1 heterocycles. The van der Waals surface area contributed by atoms with Crippen molar-refractivity contribution in [2.45, 2.75) is 19.8 Å². The summed E-state index contributed by atoms with van der Waals surface area (Å²) in [4.78, 5) is 12.0. The molecule has 0 saturated carbocycles. The summed E-state index contributed by atoms with van der Waals surface area (Å²) in [6.45, 7) is 4.09. The lowest BCUT2D eigenvalue weighted by atomic mass is 10.0. The van der Waals surface area contributed by atoms with Gasteiger partial charge in [-0.15, -0.1) is 0 Å². The summed E-state index contributed by atoms with van der Waals surface area (Å²) in [5.74, 6) is 0.272. The van der Waals surface area contributed by atoms with E-state index in [1.54, 1.807) is 4.57 Å². The van der Waals surface area contributed by atoms with Crippen molar-refractivity contribution in [3.8, 4) is 0 Å². The zero-order valence-corrected chi connectivity index (χ0v) is 9.32. The third-order valence-electron chi connectivity index (χ3n) is 2.78. The Morgan fingerprint density at radius 2 is 1.87 bits per heavy atom. The van der Waals surface area contributed by atoms with Crippen LogP contribution in [0.3, 0.4) is 0 Å². The van der Waals surface area contributed by atoms with Gasteiger partial charge in [0.25, 0.3) is 5.56 Å². The Balaban J connectivity index is 2.89. The highest BCUT2D eigenvalue weighted by atomic mass is 16.1. The van der Waals surface area contributed by atoms with Gasteiger partial charge in [-0.2, -0.15) is 0 Å². The molecule has 0 N–H and O–H groups in total. The summed E-state index contributed by atoms with van der Waals surface area (Å²) >= 11 is 0. The van der Waals surface area contributed by atoms with Crippen LogP contribution in [0.2, 0.25) is 0 Å². The van der Waals surface area contributed by atoms with E-state index in [0.717, 1.165) is 16.5 Å². The Labute approximate surface area is 89.2 Å². The molecule has 0 amide bonds. The summed E-state index contributed by atoms with van der Waals surface area (Å²) in [5.41, 5.74) is 1.99. The van der Waals surface area contributed by atoms with Crippen LogP contribution in [0.4, 0.5) is 0 Å². The number of benzene rings is 1. The minimum atomic E-state index is 0.115. The van der Waals surface area contributed by atoms with Crippen LogP contribution >= 0.6 is 0 Å². The molecular weight excluding hydrogens is 186 g/mol. The average Bonchev–Trinajstić information content (AvgIpc) is 2.23. The molecule has 0 saturated heterocycles. The van der Waals surface area contributed by atoms with E-state index in [9.17, 15) is 4.79 Å². The predicted molar refractivity (Wildman–Crippen MR) is 63.3 cm³/mol. The third kappa shape index (κ3) is 1.56. The molecule has 0 aliphatic carbocycles. The standard InChI is InChI=1S/C13H15NO/c1-9(2)11-8-10-6-4-5-7-12(10)14(3)13(11)15/h4-9H,1-3H3. The van der Waals surface area contributed by atoms with Crippen LogP contribution in [0, 0.1) is 0 Å². The van der Waals surface area contributed by atoms with Crippen LogP contribution < -0.4 is 5.56 Å². The molecule has 2 aromatic rings. The summed E-state index contributed by atoms with van der Waals surface area (Å²) in [6.07, 6.45) is 0. The van der Waals surface area contributed by atoms with Crippen molar-refractivity contribution in [2.24, 2.45) is 7.05 Å². The molecule has 0 bridgehead atoms. The molecule has 1 aromatic heterocycles. The molecule has 0 atom stereocenters. The van der Waals surface area contributed by atoms with E-state index in [1.807, 2.05) is 51.2 Å². The van der Waals surface area contributed by atoms with Crippen LogP contribution in [0.5, 0.6) is 0 Å². The third-order valence-corrected chi connectivity index (χ3v) is 2.78. The van der Waals surface area contributed by atoms with E-state index in [1.165, 1.54) is 0 Å².